The van der Waals surface area contributed by atoms with Gasteiger partial charge in [-0.3, -0.25) is 4.90 Å². The molecular weight excluding hydrogens is 152 g/mol. The molecule has 3 heteroatoms. The van der Waals surface area contributed by atoms with Crippen molar-refractivity contribution in [3.63, 3.8) is 0 Å². The maximum Gasteiger partial charge on any atom is 0.0558 e. The molecule has 1 saturated heterocycles. The maximum absolute atomic E-state index is 8.69. The molecule has 0 bridgehead atoms. The first-order chi connectivity index (χ1) is 5.36. The average molecular weight is 174 g/mol. The van der Waals surface area contributed by atoms with Crippen LogP contribution in [0.4, 0.5) is 0 Å². The third-order valence-corrected chi connectivity index (χ3v) is 2.33. The number of hydrogen-bond acceptors (Lipinski definition) is 3. The van der Waals surface area contributed by atoms with Gasteiger partial charge in [-0.15, -0.1) is 0 Å². The van der Waals surface area contributed by atoms with Crippen LogP contribution in [-0.2, 0) is 0 Å². The molecule has 3 nitrogen and oxygen atoms in total. The first kappa shape index (κ1) is 11.9. The minimum atomic E-state index is 0. The van der Waals surface area contributed by atoms with E-state index < -0.39 is 0 Å². The van der Waals surface area contributed by atoms with Gasteiger partial charge in [0.25, 0.3) is 0 Å². The molecule has 1 N–H and O–H groups in total. The number of aliphatic hydroxyl groups is 1. The molecule has 1 aliphatic heterocycles. The monoisotopic (exact) mass is 174 g/mol. The molecule has 0 unspecified atom stereocenters. The lowest BCUT2D eigenvalue weighted by Crippen LogP contribution is -2.46. The molecule has 1 fully saturated rings. The summed E-state index contributed by atoms with van der Waals surface area (Å²) in [4.78, 5) is 4.75. The Morgan fingerprint density at radius 3 is 2.00 bits per heavy atom. The number of aliphatic hydroxyl groups excluding tert-OH is 1. The molecule has 1 aliphatic rings. The number of rotatable bonds is 3. The van der Waals surface area contributed by atoms with Crippen molar-refractivity contribution >= 4 is 0 Å². The Balaban J connectivity index is 0.00000121. The van der Waals surface area contributed by atoms with E-state index in [2.05, 4.69) is 16.7 Å². The third-order valence-electron chi connectivity index (χ3n) is 2.33. The molecule has 74 valence electrons. The van der Waals surface area contributed by atoms with Crippen LogP contribution in [0.3, 0.4) is 0 Å². The summed E-state index contributed by atoms with van der Waals surface area (Å²) in [5.74, 6) is 0. The van der Waals surface area contributed by atoms with Gasteiger partial charge in [-0.2, -0.15) is 0 Å². The lowest BCUT2D eigenvalue weighted by atomic mass is 10.3. The summed E-state index contributed by atoms with van der Waals surface area (Å²) in [6.07, 6.45) is 0. The smallest absolute Gasteiger partial charge is 0.0558 e. The first-order valence-electron chi connectivity index (χ1n) is 4.42. The molecule has 0 aromatic carbocycles. The Morgan fingerprint density at radius 2 is 1.58 bits per heavy atom. The van der Waals surface area contributed by atoms with E-state index in [1.165, 1.54) is 0 Å². The highest BCUT2D eigenvalue weighted by Crippen LogP contribution is 1.99. The lowest BCUT2D eigenvalue weighted by Gasteiger charge is -2.33. The van der Waals surface area contributed by atoms with Crippen LogP contribution in [0.25, 0.3) is 0 Å². The molecule has 0 aliphatic carbocycles. The van der Waals surface area contributed by atoms with Crippen molar-refractivity contribution in [3.05, 3.63) is 0 Å². The fraction of sp³-hybridized carbons (Fsp3) is 1.00. The van der Waals surface area contributed by atoms with E-state index in [9.17, 15) is 0 Å². The number of piperazine rings is 1. The van der Waals surface area contributed by atoms with Gasteiger partial charge in [-0.25, -0.2) is 0 Å². The van der Waals surface area contributed by atoms with E-state index in [0.29, 0.717) is 6.61 Å². The summed E-state index contributed by atoms with van der Waals surface area (Å²) in [6, 6.07) is 0. The molecule has 0 spiro atoms. The highest BCUT2D eigenvalue weighted by molar-refractivity contribution is 4.69. The SMILES string of the molecule is C.CCN1CCN(CCO)CC1. The van der Waals surface area contributed by atoms with Gasteiger partial charge in [0.2, 0.25) is 0 Å². The lowest BCUT2D eigenvalue weighted by molar-refractivity contribution is 0.116. The van der Waals surface area contributed by atoms with Gasteiger partial charge in [-0.1, -0.05) is 14.4 Å². The van der Waals surface area contributed by atoms with Crippen LogP contribution in [0.2, 0.25) is 0 Å². The molecule has 1 heterocycles. The van der Waals surface area contributed by atoms with E-state index in [4.69, 9.17) is 5.11 Å². The van der Waals surface area contributed by atoms with Crippen molar-refractivity contribution in [1.29, 1.82) is 0 Å². The highest BCUT2D eigenvalue weighted by atomic mass is 16.3. The second-order valence-corrected chi connectivity index (χ2v) is 3.00. The second-order valence-electron chi connectivity index (χ2n) is 3.00. The van der Waals surface area contributed by atoms with E-state index in [-0.39, 0.29) is 7.43 Å². The normalized spacial score (nSPS) is 20.5. The predicted molar refractivity (Wildman–Crippen MR) is 52.4 cm³/mol. The topological polar surface area (TPSA) is 26.7 Å². The van der Waals surface area contributed by atoms with Crippen LogP contribution in [0.5, 0.6) is 0 Å². The highest BCUT2D eigenvalue weighted by Gasteiger charge is 2.13. The van der Waals surface area contributed by atoms with Crippen LogP contribution in [0, 0.1) is 0 Å². The van der Waals surface area contributed by atoms with Crippen LogP contribution in [0.1, 0.15) is 14.4 Å². The van der Waals surface area contributed by atoms with Crippen molar-refractivity contribution in [2.75, 3.05) is 45.9 Å². The predicted octanol–water partition coefficient (Wildman–Crippen LogP) is 0.252. The zero-order chi connectivity index (χ0) is 8.10. The Hall–Kier alpha value is -0.120. The Bertz CT molecular complexity index is 101. The zero-order valence-corrected chi connectivity index (χ0v) is 7.29. The molecule has 0 saturated carbocycles. The van der Waals surface area contributed by atoms with E-state index in [1.807, 2.05) is 0 Å². The van der Waals surface area contributed by atoms with Gasteiger partial charge in [-0.05, 0) is 6.54 Å². The molecule has 12 heavy (non-hydrogen) atoms. The van der Waals surface area contributed by atoms with Gasteiger partial charge in [0.05, 0.1) is 6.61 Å². The second kappa shape index (κ2) is 6.40. The quantitative estimate of drug-likeness (QED) is 0.664. The van der Waals surface area contributed by atoms with Crippen LogP contribution >= 0.6 is 0 Å². The van der Waals surface area contributed by atoms with Gasteiger partial charge in [0.15, 0.2) is 0 Å². The van der Waals surface area contributed by atoms with E-state index >= 15 is 0 Å². The minimum absolute atomic E-state index is 0. The molecule has 0 atom stereocenters. The van der Waals surface area contributed by atoms with Gasteiger partial charge < -0.3 is 10.0 Å². The molecule has 0 radical (unpaired) electrons. The van der Waals surface area contributed by atoms with Crippen molar-refractivity contribution < 1.29 is 5.11 Å². The van der Waals surface area contributed by atoms with Crippen molar-refractivity contribution in [2.24, 2.45) is 0 Å². The van der Waals surface area contributed by atoms with E-state index in [1.54, 1.807) is 0 Å². The number of β-amino-alcohol motifs (C(OH)–C–C–N with tert-alkyl or cyclic N) is 1. The van der Waals surface area contributed by atoms with Crippen molar-refractivity contribution in [1.82, 2.24) is 9.80 Å². The van der Waals surface area contributed by atoms with Gasteiger partial charge in [0, 0.05) is 32.7 Å². The minimum Gasteiger partial charge on any atom is -0.395 e. The summed E-state index contributed by atoms with van der Waals surface area (Å²) in [7, 11) is 0. The van der Waals surface area contributed by atoms with Crippen LogP contribution < -0.4 is 0 Å². The Morgan fingerprint density at radius 1 is 1.08 bits per heavy atom. The molecular formula is C9H22N2O. The fourth-order valence-corrected chi connectivity index (χ4v) is 1.47. The Kier molecular flexibility index (Phi) is 6.34. The average Bonchev–Trinajstić information content (AvgIpc) is 2.07. The molecule has 0 aromatic rings. The first-order valence-corrected chi connectivity index (χ1v) is 4.42. The Labute approximate surface area is 76.0 Å². The number of nitrogens with zero attached hydrogens (tertiary/aromatic N) is 2. The number of hydrogen-bond donors (Lipinski definition) is 1. The molecule has 1 rings (SSSR count). The van der Waals surface area contributed by atoms with Gasteiger partial charge in [0.1, 0.15) is 0 Å². The maximum atomic E-state index is 8.69. The summed E-state index contributed by atoms with van der Waals surface area (Å²) in [5, 5.41) is 8.69. The van der Waals surface area contributed by atoms with Crippen molar-refractivity contribution in [2.45, 2.75) is 14.4 Å². The van der Waals surface area contributed by atoms with Gasteiger partial charge >= 0.3 is 0 Å². The fourth-order valence-electron chi connectivity index (χ4n) is 1.47. The summed E-state index contributed by atoms with van der Waals surface area (Å²) < 4.78 is 0. The summed E-state index contributed by atoms with van der Waals surface area (Å²) in [5.41, 5.74) is 0. The number of likely N-dealkylation sites (N-methyl/N-ethyl adjacent to an activating group) is 1. The van der Waals surface area contributed by atoms with E-state index in [0.717, 1.165) is 39.3 Å². The molecule has 0 aromatic heterocycles. The van der Waals surface area contributed by atoms with Crippen LogP contribution in [-0.4, -0.2) is 60.8 Å². The summed E-state index contributed by atoms with van der Waals surface area (Å²) >= 11 is 0. The largest absolute Gasteiger partial charge is 0.395 e. The zero-order valence-electron chi connectivity index (χ0n) is 7.29. The third kappa shape index (κ3) is 3.52. The van der Waals surface area contributed by atoms with Crippen LogP contribution in [0.15, 0.2) is 0 Å². The standard InChI is InChI=1S/C8H18N2O.CH4/c1-2-9-3-5-10(6-4-9)7-8-11;/h11H,2-8H2,1H3;1H4. The molecule has 0 amide bonds. The van der Waals surface area contributed by atoms with Crippen molar-refractivity contribution in [3.8, 4) is 0 Å². The summed E-state index contributed by atoms with van der Waals surface area (Å²) in [6.45, 7) is 9.06.